The third-order valence-electron chi connectivity index (χ3n) is 4.77. The van der Waals surface area contributed by atoms with Crippen LogP contribution in [0.3, 0.4) is 0 Å². The number of amides is 1. The Bertz CT molecular complexity index is 1110. The molecule has 1 N–H and O–H groups in total. The van der Waals surface area contributed by atoms with Crippen LogP contribution in [0.25, 0.3) is 10.8 Å². The fourth-order valence-electron chi connectivity index (χ4n) is 3.31. The molecule has 30 heavy (non-hydrogen) atoms. The van der Waals surface area contributed by atoms with E-state index in [0.717, 1.165) is 5.56 Å². The second-order valence-corrected chi connectivity index (χ2v) is 7.47. The molecule has 0 radical (unpaired) electrons. The number of hydrogen-bond donors (Lipinski definition) is 1. The molecule has 0 unspecified atom stereocenters. The van der Waals surface area contributed by atoms with E-state index in [1.807, 2.05) is 32.0 Å². The van der Waals surface area contributed by atoms with E-state index >= 15 is 0 Å². The van der Waals surface area contributed by atoms with E-state index in [9.17, 15) is 9.59 Å². The zero-order chi connectivity index (χ0) is 21.7. The number of aromatic nitrogens is 2. The second kappa shape index (κ2) is 9.43. The van der Waals surface area contributed by atoms with Gasteiger partial charge in [0.2, 0.25) is 0 Å². The highest BCUT2D eigenvalue weighted by Crippen LogP contribution is 2.27. The molecule has 1 heterocycles. The summed E-state index contributed by atoms with van der Waals surface area (Å²) in [4.78, 5) is 25.6. The van der Waals surface area contributed by atoms with Crippen molar-refractivity contribution < 1.29 is 14.3 Å². The lowest BCUT2D eigenvalue weighted by atomic mass is 10.1. The molecule has 0 saturated carbocycles. The summed E-state index contributed by atoms with van der Waals surface area (Å²) >= 11 is 0. The quantitative estimate of drug-likeness (QED) is 0.618. The Balaban J connectivity index is 1.80. The van der Waals surface area contributed by atoms with Gasteiger partial charge in [-0.15, -0.1) is 0 Å². The van der Waals surface area contributed by atoms with E-state index in [1.54, 1.807) is 38.5 Å². The molecule has 0 aliphatic heterocycles. The molecule has 7 nitrogen and oxygen atoms in total. The van der Waals surface area contributed by atoms with Gasteiger partial charge in [-0.3, -0.25) is 9.59 Å². The monoisotopic (exact) mass is 409 g/mol. The summed E-state index contributed by atoms with van der Waals surface area (Å²) < 4.78 is 12.0. The minimum absolute atomic E-state index is 0.179. The highest BCUT2D eigenvalue weighted by molar-refractivity contribution is 6.04. The number of benzene rings is 2. The topological polar surface area (TPSA) is 82.5 Å². The Morgan fingerprint density at radius 1 is 1.07 bits per heavy atom. The van der Waals surface area contributed by atoms with Crippen LogP contribution in [0.15, 0.2) is 47.3 Å². The summed E-state index contributed by atoms with van der Waals surface area (Å²) in [5.41, 5.74) is 1.09. The maximum atomic E-state index is 12.9. The molecule has 0 aliphatic carbocycles. The molecule has 1 aromatic heterocycles. The predicted octanol–water partition coefficient (Wildman–Crippen LogP) is 3.04. The van der Waals surface area contributed by atoms with Gasteiger partial charge in [0.25, 0.3) is 11.5 Å². The van der Waals surface area contributed by atoms with Crippen molar-refractivity contribution in [2.24, 2.45) is 5.92 Å². The van der Waals surface area contributed by atoms with Gasteiger partial charge in [-0.05, 0) is 36.1 Å². The number of fused-ring (bicyclic) bond motifs is 1. The van der Waals surface area contributed by atoms with Crippen molar-refractivity contribution in [2.75, 3.05) is 20.8 Å². The summed E-state index contributed by atoms with van der Waals surface area (Å²) in [6, 6.07) is 12.8. The van der Waals surface area contributed by atoms with Crippen LogP contribution in [0.2, 0.25) is 0 Å². The molecule has 0 saturated heterocycles. The summed E-state index contributed by atoms with van der Waals surface area (Å²) in [5.74, 6) is 1.24. The van der Waals surface area contributed by atoms with Crippen molar-refractivity contribution in [1.82, 2.24) is 15.1 Å². The molecule has 3 aromatic rings. The third kappa shape index (κ3) is 4.62. The van der Waals surface area contributed by atoms with Crippen molar-refractivity contribution in [1.29, 1.82) is 0 Å². The maximum Gasteiger partial charge on any atom is 0.274 e. The fourth-order valence-corrected chi connectivity index (χ4v) is 3.31. The van der Waals surface area contributed by atoms with Crippen LogP contribution in [-0.2, 0) is 13.0 Å². The largest absolute Gasteiger partial charge is 0.493 e. The zero-order valence-electron chi connectivity index (χ0n) is 17.8. The van der Waals surface area contributed by atoms with E-state index in [1.165, 1.54) is 4.68 Å². The average Bonchev–Trinajstić information content (AvgIpc) is 2.75. The summed E-state index contributed by atoms with van der Waals surface area (Å²) in [5, 5.41) is 8.35. The molecule has 0 bridgehead atoms. The summed E-state index contributed by atoms with van der Waals surface area (Å²) in [6.45, 7) is 4.89. The fraction of sp³-hybridized carbons (Fsp3) is 0.348. The smallest absolute Gasteiger partial charge is 0.274 e. The van der Waals surface area contributed by atoms with Crippen molar-refractivity contribution in [3.05, 3.63) is 64.1 Å². The highest BCUT2D eigenvalue weighted by Gasteiger charge is 2.17. The molecule has 0 fully saturated rings. The van der Waals surface area contributed by atoms with Crippen LogP contribution in [-0.4, -0.2) is 36.5 Å². The highest BCUT2D eigenvalue weighted by atomic mass is 16.5. The van der Waals surface area contributed by atoms with Gasteiger partial charge in [0.1, 0.15) is 0 Å². The van der Waals surface area contributed by atoms with Crippen LogP contribution in [0.5, 0.6) is 11.5 Å². The number of rotatable bonds is 8. The average molecular weight is 409 g/mol. The lowest BCUT2D eigenvalue weighted by Crippen LogP contribution is -2.32. The Morgan fingerprint density at radius 3 is 2.43 bits per heavy atom. The van der Waals surface area contributed by atoms with Crippen LogP contribution >= 0.6 is 0 Å². The summed E-state index contributed by atoms with van der Waals surface area (Å²) in [6.07, 6.45) is 0.621. The SMILES string of the molecule is COc1ccc(CCNC(=O)c2nn(CC(C)C)c(=O)c3ccccc23)cc1OC. The lowest BCUT2D eigenvalue weighted by molar-refractivity contribution is 0.0948. The normalized spacial score (nSPS) is 11.0. The minimum Gasteiger partial charge on any atom is -0.493 e. The van der Waals surface area contributed by atoms with Crippen molar-refractivity contribution in [3.8, 4) is 11.5 Å². The molecule has 158 valence electrons. The van der Waals surface area contributed by atoms with Crippen LogP contribution in [0, 0.1) is 5.92 Å². The first kappa shape index (κ1) is 21.4. The Kier molecular flexibility index (Phi) is 6.72. The number of methoxy groups -OCH3 is 2. The van der Waals surface area contributed by atoms with Crippen LogP contribution in [0.4, 0.5) is 0 Å². The molecule has 1 amide bonds. The van der Waals surface area contributed by atoms with Gasteiger partial charge in [-0.1, -0.05) is 38.1 Å². The lowest BCUT2D eigenvalue weighted by Gasteiger charge is -2.13. The Labute approximate surface area is 175 Å². The van der Waals surface area contributed by atoms with Gasteiger partial charge in [-0.2, -0.15) is 5.10 Å². The Morgan fingerprint density at radius 2 is 1.77 bits per heavy atom. The summed E-state index contributed by atoms with van der Waals surface area (Å²) in [7, 11) is 3.18. The van der Waals surface area contributed by atoms with E-state index < -0.39 is 0 Å². The van der Waals surface area contributed by atoms with Crippen LogP contribution < -0.4 is 20.3 Å². The van der Waals surface area contributed by atoms with E-state index in [4.69, 9.17) is 9.47 Å². The molecule has 0 aliphatic rings. The number of carbonyl (C=O) groups is 1. The van der Waals surface area contributed by atoms with Crippen LogP contribution in [0.1, 0.15) is 29.9 Å². The number of nitrogens with one attached hydrogen (secondary N) is 1. The van der Waals surface area contributed by atoms with E-state index in [-0.39, 0.29) is 23.1 Å². The molecular weight excluding hydrogens is 382 g/mol. The predicted molar refractivity (Wildman–Crippen MR) is 116 cm³/mol. The van der Waals surface area contributed by atoms with Gasteiger partial charge in [0.05, 0.1) is 19.6 Å². The first-order valence-corrected chi connectivity index (χ1v) is 9.93. The Hall–Kier alpha value is -3.35. The molecule has 7 heteroatoms. The third-order valence-corrected chi connectivity index (χ3v) is 4.77. The van der Waals surface area contributed by atoms with Gasteiger partial charge >= 0.3 is 0 Å². The minimum atomic E-state index is -0.302. The number of hydrogen-bond acceptors (Lipinski definition) is 5. The second-order valence-electron chi connectivity index (χ2n) is 7.47. The van der Waals surface area contributed by atoms with E-state index in [0.29, 0.717) is 41.8 Å². The van der Waals surface area contributed by atoms with Crippen molar-refractivity contribution >= 4 is 16.7 Å². The maximum absolute atomic E-state index is 12.9. The van der Waals surface area contributed by atoms with Gasteiger partial charge in [0, 0.05) is 18.5 Å². The molecular formula is C23H27N3O4. The van der Waals surface area contributed by atoms with Crippen molar-refractivity contribution in [3.63, 3.8) is 0 Å². The number of carbonyl (C=O) groups excluding carboxylic acids is 1. The van der Waals surface area contributed by atoms with E-state index in [2.05, 4.69) is 10.4 Å². The zero-order valence-corrected chi connectivity index (χ0v) is 17.8. The number of ether oxygens (including phenoxy) is 2. The van der Waals surface area contributed by atoms with Crippen molar-refractivity contribution in [2.45, 2.75) is 26.8 Å². The molecule has 2 aromatic carbocycles. The van der Waals surface area contributed by atoms with Gasteiger partial charge in [0.15, 0.2) is 17.2 Å². The molecule has 3 rings (SSSR count). The molecule has 0 spiro atoms. The standard InChI is InChI=1S/C23H27N3O4/c1-15(2)14-26-23(28)18-8-6-5-7-17(18)21(25-26)22(27)24-12-11-16-9-10-19(29-3)20(13-16)30-4/h5-10,13,15H,11-12,14H2,1-4H3,(H,24,27). The molecule has 0 atom stereocenters. The van der Waals surface area contributed by atoms with Gasteiger partial charge in [-0.25, -0.2) is 4.68 Å². The first-order valence-electron chi connectivity index (χ1n) is 9.93. The van der Waals surface area contributed by atoms with Gasteiger partial charge < -0.3 is 14.8 Å². The first-order chi connectivity index (χ1) is 14.4. The number of nitrogens with zero attached hydrogens (tertiary/aromatic N) is 2.